The zero-order valence-corrected chi connectivity index (χ0v) is 16.0. The quantitative estimate of drug-likeness (QED) is 0.804. The normalized spacial score (nSPS) is 19.7. The predicted molar refractivity (Wildman–Crippen MR) is 104 cm³/mol. The van der Waals surface area contributed by atoms with Crippen LogP contribution >= 0.6 is 0 Å². The summed E-state index contributed by atoms with van der Waals surface area (Å²) in [5, 5.41) is 18.6. The molecule has 29 heavy (non-hydrogen) atoms. The van der Waals surface area contributed by atoms with Gasteiger partial charge in [0, 0.05) is 19.6 Å². The van der Waals surface area contributed by atoms with E-state index in [1.165, 1.54) is 0 Å². The topological polar surface area (TPSA) is 107 Å². The van der Waals surface area contributed by atoms with Gasteiger partial charge in [0.2, 0.25) is 0 Å². The monoisotopic (exact) mass is 400 g/mol. The van der Waals surface area contributed by atoms with Crippen LogP contribution in [0.15, 0.2) is 53.6 Å². The Balaban J connectivity index is 1.58. The third-order valence-corrected chi connectivity index (χ3v) is 5.20. The van der Waals surface area contributed by atoms with Gasteiger partial charge in [0.25, 0.3) is 0 Å². The summed E-state index contributed by atoms with van der Waals surface area (Å²) in [5.74, 6) is -1.14. The number of benzene rings is 1. The maximum absolute atomic E-state index is 12.3. The minimum atomic E-state index is -1.22. The molecule has 0 saturated heterocycles. The number of rotatable bonds is 4. The number of carbonyl (C=O) groups excluding carboxylic acids is 1. The highest BCUT2D eigenvalue weighted by Crippen LogP contribution is 2.27. The molecule has 0 spiro atoms. The molecule has 8 heteroatoms. The van der Waals surface area contributed by atoms with Crippen LogP contribution in [0, 0.1) is 0 Å². The molecule has 0 saturated carbocycles. The lowest BCUT2D eigenvalue weighted by molar-refractivity contribution is -0.142. The van der Waals surface area contributed by atoms with Crippen molar-refractivity contribution in [2.75, 3.05) is 19.6 Å². The van der Waals surface area contributed by atoms with E-state index in [0.717, 1.165) is 21.6 Å². The highest BCUT2D eigenvalue weighted by Gasteiger charge is 2.31. The second kappa shape index (κ2) is 9.27. The molecular weight excluding hydrogens is 376 g/mol. The Bertz CT molecular complexity index is 833. The van der Waals surface area contributed by atoms with Gasteiger partial charge in [-0.3, -0.25) is 4.90 Å². The number of hydrogen-bond donors (Lipinski definition) is 2. The van der Waals surface area contributed by atoms with E-state index < -0.39 is 18.1 Å². The predicted octanol–water partition coefficient (Wildman–Crippen LogP) is 3.11. The average Bonchev–Trinajstić information content (AvgIpc) is 2.96. The number of carboxylic acid groups (broad SMARTS) is 2. The highest BCUT2D eigenvalue weighted by molar-refractivity contribution is 5.79. The van der Waals surface area contributed by atoms with Crippen molar-refractivity contribution in [3.05, 3.63) is 59.2 Å². The largest absolute Gasteiger partial charge is 0.480 e. The standard InChI is InChI=1S/C21H24N2O6/c24-19(25)18-7-6-16(10-13-23(18)20(26)27)17-8-11-22(12-9-17)21(28)29-14-15-4-2-1-3-5-15/h1-6,8,18H,7,9-14H2,(H,24,25)(H,26,27)/t18-/m0/s1. The first-order valence-electron chi connectivity index (χ1n) is 9.52. The van der Waals surface area contributed by atoms with E-state index in [0.29, 0.717) is 25.9 Å². The Labute approximate surface area is 168 Å². The molecule has 1 aromatic carbocycles. The van der Waals surface area contributed by atoms with E-state index >= 15 is 0 Å². The zero-order chi connectivity index (χ0) is 20.8. The van der Waals surface area contributed by atoms with Crippen LogP contribution in [-0.2, 0) is 16.1 Å². The molecule has 1 atom stereocenters. The van der Waals surface area contributed by atoms with E-state index in [4.69, 9.17) is 4.74 Å². The Hall–Kier alpha value is -3.29. The van der Waals surface area contributed by atoms with Crippen molar-refractivity contribution in [1.82, 2.24) is 9.80 Å². The fourth-order valence-electron chi connectivity index (χ4n) is 3.57. The summed E-state index contributed by atoms with van der Waals surface area (Å²) in [4.78, 5) is 37.6. The summed E-state index contributed by atoms with van der Waals surface area (Å²) in [7, 11) is 0. The van der Waals surface area contributed by atoms with Gasteiger partial charge in [-0.2, -0.15) is 0 Å². The number of carbonyl (C=O) groups is 3. The first-order valence-corrected chi connectivity index (χ1v) is 9.52. The van der Waals surface area contributed by atoms with E-state index in [1.54, 1.807) is 4.90 Å². The van der Waals surface area contributed by atoms with Crippen molar-refractivity contribution in [3.8, 4) is 0 Å². The number of amides is 2. The fraction of sp³-hybridized carbons (Fsp3) is 0.381. The molecule has 0 aromatic heterocycles. The molecule has 1 aromatic rings. The number of hydrogen-bond acceptors (Lipinski definition) is 4. The van der Waals surface area contributed by atoms with Crippen molar-refractivity contribution in [2.45, 2.75) is 31.9 Å². The molecule has 2 N–H and O–H groups in total. The summed E-state index contributed by atoms with van der Waals surface area (Å²) in [6, 6.07) is 8.40. The van der Waals surface area contributed by atoms with Gasteiger partial charge in [-0.05, 0) is 36.0 Å². The molecule has 2 amide bonds. The molecule has 0 radical (unpaired) electrons. The highest BCUT2D eigenvalue weighted by atomic mass is 16.6. The fourth-order valence-corrected chi connectivity index (χ4v) is 3.57. The van der Waals surface area contributed by atoms with Crippen LogP contribution in [0.2, 0.25) is 0 Å². The molecule has 3 rings (SSSR count). The average molecular weight is 400 g/mol. The van der Waals surface area contributed by atoms with Gasteiger partial charge in [0.15, 0.2) is 0 Å². The summed E-state index contributed by atoms with van der Waals surface area (Å²) < 4.78 is 5.36. The molecule has 0 aliphatic carbocycles. The molecule has 154 valence electrons. The first-order chi connectivity index (χ1) is 14.0. The molecule has 0 bridgehead atoms. The third kappa shape index (κ3) is 5.16. The summed E-state index contributed by atoms with van der Waals surface area (Å²) in [5.41, 5.74) is 2.92. The van der Waals surface area contributed by atoms with Gasteiger partial charge in [-0.25, -0.2) is 14.4 Å². The van der Waals surface area contributed by atoms with Gasteiger partial charge >= 0.3 is 18.2 Å². The van der Waals surface area contributed by atoms with Gasteiger partial charge in [-0.1, -0.05) is 42.5 Å². The molecular formula is C21H24N2O6. The van der Waals surface area contributed by atoms with Gasteiger partial charge < -0.3 is 19.8 Å². The first kappa shape index (κ1) is 20.4. The van der Waals surface area contributed by atoms with Crippen LogP contribution in [-0.4, -0.2) is 63.8 Å². The van der Waals surface area contributed by atoms with Gasteiger partial charge in [0.05, 0.1) is 0 Å². The third-order valence-electron chi connectivity index (χ3n) is 5.20. The summed E-state index contributed by atoms with van der Waals surface area (Å²) in [6.45, 7) is 1.27. The lowest BCUT2D eigenvalue weighted by Crippen LogP contribution is -2.44. The van der Waals surface area contributed by atoms with E-state index in [9.17, 15) is 24.6 Å². The van der Waals surface area contributed by atoms with Crippen molar-refractivity contribution in [2.24, 2.45) is 0 Å². The van der Waals surface area contributed by atoms with Crippen molar-refractivity contribution in [1.29, 1.82) is 0 Å². The Morgan fingerprint density at radius 3 is 2.31 bits per heavy atom. The molecule has 2 aliphatic heterocycles. The van der Waals surface area contributed by atoms with Crippen LogP contribution < -0.4 is 0 Å². The molecule has 2 heterocycles. The number of carboxylic acids is 1. The van der Waals surface area contributed by atoms with E-state index in [1.807, 2.05) is 42.5 Å². The SMILES string of the molecule is O=C(O)[C@@H]1CC=C(C2=CCN(C(=O)OCc3ccccc3)CC2)CCN1C(=O)O. The maximum atomic E-state index is 12.3. The molecule has 8 nitrogen and oxygen atoms in total. The van der Waals surface area contributed by atoms with Crippen molar-refractivity contribution < 1.29 is 29.3 Å². The zero-order valence-electron chi connectivity index (χ0n) is 16.0. The second-order valence-corrected chi connectivity index (χ2v) is 7.01. The smallest absolute Gasteiger partial charge is 0.410 e. The second-order valence-electron chi connectivity index (χ2n) is 7.01. The summed E-state index contributed by atoms with van der Waals surface area (Å²) >= 11 is 0. The molecule has 0 unspecified atom stereocenters. The van der Waals surface area contributed by atoms with Crippen LogP contribution in [0.4, 0.5) is 9.59 Å². The van der Waals surface area contributed by atoms with Crippen LogP contribution in [0.25, 0.3) is 0 Å². The number of ether oxygens (including phenoxy) is 1. The minimum absolute atomic E-state index is 0.136. The Morgan fingerprint density at radius 2 is 1.69 bits per heavy atom. The van der Waals surface area contributed by atoms with Gasteiger partial charge in [0.1, 0.15) is 12.6 Å². The van der Waals surface area contributed by atoms with Crippen LogP contribution in [0.3, 0.4) is 0 Å². The molecule has 2 aliphatic rings. The van der Waals surface area contributed by atoms with Crippen molar-refractivity contribution in [3.63, 3.8) is 0 Å². The Kier molecular flexibility index (Phi) is 6.54. The van der Waals surface area contributed by atoms with Crippen molar-refractivity contribution >= 4 is 18.2 Å². The summed E-state index contributed by atoms with van der Waals surface area (Å²) in [6.07, 6.45) is 3.37. The van der Waals surface area contributed by atoms with Gasteiger partial charge in [-0.15, -0.1) is 0 Å². The molecule has 0 fully saturated rings. The van der Waals surface area contributed by atoms with E-state index in [-0.39, 0.29) is 25.7 Å². The lowest BCUT2D eigenvalue weighted by atomic mass is 9.96. The van der Waals surface area contributed by atoms with Crippen LogP contribution in [0.1, 0.15) is 24.8 Å². The van der Waals surface area contributed by atoms with E-state index in [2.05, 4.69) is 0 Å². The minimum Gasteiger partial charge on any atom is -0.480 e. The number of nitrogens with zero attached hydrogens (tertiary/aromatic N) is 2. The Morgan fingerprint density at radius 1 is 1.00 bits per heavy atom. The number of aliphatic carboxylic acids is 1. The maximum Gasteiger partial charge on any atom is 0.410 e. The van der Waals surface area contributed by atoms with Crippen LogP contribution in [0.5, 0.6) is 0 Å². The lowest BCUT2D eigenvalue weighted by Gasteiger charge is -2.27.